The Bertz CT molecular complexity index is 843. The zero-order chi connectivity index (χ0) is 18.9. The Balaban J connectivity index is 1.77. The second-order valence-electron chi connectivity index (χ2n) is 6.31. The molecule has 0 unspecified atom stereocenters. The highest BCUT2D eigenvalue weighted by Gasteiger charge is 2.05. The van der Waals surface area contributed by atoms with Crippen LogP contribution < -0.4 is 10.6 Å². The molecular formula is C22H27N5. The van der Waals surface area contributed by atoms with Gasteiger partial charge in [-0.3, -0.25) is 0 Å². The Kier molecular flexibility index (Phi) is 6.63. The van der Waals surface area contributed by atoms with Crippen LogP contribution in [0, 0.1) is 0 Å². The molecule has 0 amide bonds. The summed E-state index contributed by atoms with van der Waals surface area (Å²) in [4.78, 5) is 8.81. The van der Waals surface area contributed by atoms with Crippen molar-refractivity contribution in [2.45, 2.75) is 26.9 Å². The molecular weight excluding hydrogens is 334 g/mol. The lowest BCUT2D eigenvalue weighted by atomic mass is 9.98. The smallest absolute Gasteiger partial charge is 0.191 e. The van der Waals surface area contributed by atoms with E-state index < -0.39 is 0 Å². The number of rotatable bonds is 7. The molecule has 5 heteroatoms. The van der Waals surface area contributed by atoms with Crippen molar-refractivity contribution in [2.24, 2.45) is 4.99 Å². The third kappa shape index (κ3) is 5.20. The van der Waals surface area contributed by atoms with Crippen molar-refractivity contribution in [3.63, 3.8) is 0 Å². The summed E-state index contributed by atoms with van der Waals surface area (Å²) < 4.78 is 2.07. The van der Waals surface area contributed by atoms with Crippen molar-refractivity contribution >= 4 is 5.96 Å². The number of nitrogens with one attached hydrogen (secondary N) is 2. The average Bonchev–Trinajstić information content (AvgIpc) is 3.20. The molecule has 2 N–H and O–H groups in total. The molecule has 0 aliphatic heterocycles. The summed E-state index contributed by atoms with van der Waals surface area (Å²) >= 11 is 0. The molecule has 0 saturated heterocycles. The van der Waals surface area contributed by atoms with Crippen LogP contribution >= 0.6 is 0 Å². The Hall–Kier alpha value is -3.08. The minimum Gasteiger partial charge on any atom is -0.357 e. The number of hydrogen-bond acceptors (Lipinski definition) is 2. The van der Waals surface area contributed by atoms with Crippen LogP contribution in [0.4, 0.5) is 0 Å². The Morgan fingerprint density at radius 2 is 1.74 bits per heavy atom. The van der Waals surface area contributed by atoms with Gasteiger partial charge in [0.2, 0.25) is 0 Å². The van der Waals surface area contributed by atoms with Crippen LogP contribution in [0.1, 0.15) is 25.0 Å². The highest BCUT2D eigenvalue weighted by atomic mass is 15.2. The summed E-state index contributed by atoms with van der Waals surface area (Å²) in [6.45, 7) is 7.33. The molecule has 0 bridgehead atoms. The molecule has 27 heavy (non-hydrogen) atoms. The van der Waals surface area contributed by atoms with E-state index in [4.69, 9.17) is 4.99 Å². The standard InChI is InChI=1S/C22H27N5/c1-3-24-22(25-4-2)26-15-20-7-5-6-8-21(20)19-11-9-18(10-12-19)16-27-14-13-23-17-27/h5-14,17H,3-4,15-16H2,1-2H3,(H2,24,25,26). The predicted octanol–water partition coefficient (Wildman–Crippen LogP) is 3.67. The lowest BCUT2D eigenvalue weighted by Crippen LogP contribution is -2.36. The van der Waals surface area contributed by atoms with Crippen LogP contribution in [0.25, 0.3) is 11.1 Å². The minimum absolute atomic E-state index is 0.641. The highest BCUT2D eigenvalue weighted by molar-refractivity contribution is 5.80. The molecule has 0 spiro atoms. The fourth-order valence-corrected chi connectivity index (χ4v) is 2.99. The molecule has 0 saturated carbocycles. The number of aliphatic imine (C=N–C) groups is 1. The average molecular weight is 361 g/mol. The third-order valence-electron chi connectivity index (χ3n) is 4.30. The summed E-state index contributed by atoms with van der Waals surface area (Å²) in [5.74, 6) is 0.852. The lowest BCUT2D eigenvalue weighted by Gasteiger charge is -2.12. The summed E-state index contributed by atoms with van der Waals surface area (Å²) in [6.07, 6.45) is 5.63. The highest BCUT2D eigenvalue weighted by Crippen LogP contribution is 2.25. The van der Waals surface area contributed by atoms with Gasteiger partial charge in [0.25, 0.3) is 0 Å². The Morgan fingerprint density at radius 3 is 2.41 bits per heavy atom. The van der Waals surface area contributed by atoms with Gasteiger partial charge in [-0.15, -0.1) is 0 Å². The maximum absolute atomic E-state index is 4.71. The number of guanidine groups is 1. The van der Waals surface area contributed by atoms with Crippen molar-refractivity contribution in [2.75, 3.05) is 13.1 Å². The topological polar surface area (TPSA) is 54.2 Å². The normalized spacial score (nSPS) is 10.4. The first-order valence-corrected chi connectivity index (χ1v) is 9.45. The van der Waals surface area contributed by atoms with Gasteiger partial charge in [0.15, 0.2) is 5.96 Å². The summed E-state index contributed by atoms with van der Waals surface area (Å²) in [7, 11) is 0. The third-order valence-corrected chi connectivity index (χ3v) is 4.30. The van der Waals surface area contributed by atoms with Crippen molar-refractivity contribution in [1.29, 1.82) is 0 Å². The van der Waals surface area contributed by atoms with Crippen LogP contribution in [0.3, 0.4) is 0 Å². The molecule has 0 atom stereocenters. The zero-order valence-electron chi connectivity index (χ0n) is 16.0. The van der Waals surface area contributed by atoms with E-state index in [-0.39, 0.29) is 0 Å². The van der Waals surface area contributed by atoms with E-state index in [1.165, 1.54) is 22.3 Å². The molecule has 2 aromatic carbocycles. The molecule has 1 aromatic heterocycles. The second-order valence-corrected chi connectivity index (χ2v) is 6.31. The van der Waals surface area contributed by atoms with E-state index in [0.29, 0.717) is 6.54 Å². The van der Waals surface area contributed by atoms with Gasteiger partial charge in [-0.2, -0.15) is 0 Å². The zero-order valence-corrected chi connectivity index (χ0v) is 16.0. The van der Waals surface area contributed by atoms with Crippen molar-refractivity contribution in [3.8, 4) is 11.1 Å². The predicted molar refractivity (Wildman–Crippen MR) is 112 cm³/mol. The van der Waals surface area contributed by atoms with Crippen LogP contribution in [-0.4, -0.2) is 28.6 Å². The first-order chi connectivity index (χ1) is 13.3. The maximum atomic E-state index is 4.71. The van der Waals surface area contributed by atoms with Gasteiger partial charge in [0.05, 0.1) is 12.9 Å². The molecule has 0 aliphatic carbocycles. The lowest BCUT2D eigenvalue weighted by molar-refractivity contribution is 0.797. The molecule has 0 radical (unpaired) electrons. The second kappa shape index (κ2) is 9.57. The monoisotopic (exact) mass is 361 g/mol. The van der Waals surface area contributed by atoms with E-state index in [2.05, 4.69) is 82.6 Å². The fraction of sp³-hybridized carbons (Fsp3) is 0.273. The van der Waals surface area contributed by atoms with E-state index in [0.717, 1.165) is 25.6 Å². The minimum atomic E-state index is 0.641. The maximum Gasteiger partial charge on any atom is 0.191 e. The van der Waals surface area contributed by atoms with Gasteiger partial charge in [-0.1, -0.05) is 48.5 Å². The van der Waals surface area contributed by atoms with Gasteiger partial charge in [0.1, 0.15) is 0 Å². The van der Waals surface area contributed by atoms with E-state index >= 15 is 0 Å². The number of aromatic nitrogens is 2. The van der Waals surface area contributed by atoms with Gasteiger partial charge >= 0.3 is 0 Å². The molecule has 5 nitrogen and oxygen atoms in total. The van der Waals surface area contributed by atoms with Crippen LogP contribution in [0.2, 0.25) is 0 Å². The van der Waals surface area contributed by atoms with Crippen LogP contribution in [-0.2, 0) is 13.1 Å². The Labute approximate surface area is 161 Å². The van der Waals surface area contributed by atoms with Crippen molar-refractivity contribution in [3.05, 3.63) is 78.4 Å². The molecule has 3 rings (SSSR count). The van der Waals surface area contributed by atoms with Crippen LogP contribution in [0.15, 0.2) is 72.2 Å². The SMILES string of the molecule is CCNC(=NCc1ccccc1-c1ccc(Cn2ccnc2)cc1)NCC. The van der Waals surface area contributed by atoms with Gasteiger partial charge in [-0.05, 0) is 36.1 Å². The van der Waals surface area contributed by atoms with Gasteiger partial charge in [0, 0.05) is 32.0 Å². The van der Waals surface area contributed by atoms with E-state index in [9.17, 15) is 0 Å². The fourth-order valence-electron chi connectivity index (χ4n) is 2.99. The van der Waals surface area contributed by atoms with E-state index in [1.807, 2.05) is 12.5 Å². The number of benzene rings is 2. The first-order valence-electron chi connectivity index (χ1n) is 9.45. The molecule has 140 valence electrons. The molecule has 3 aromatic rings. The summed E-state index contributed by atoms with van der Waals surface area (Å²) in [5, 5.41) is 6.55. The van der Waals surface area contributed by atoms with Crippen molar-refractivity contribution < 1.29 is 0 Å². The van der Waals surface area contributed by atoms with Crippen molar-refractivity contribution in [1.82, 2.24) is 20.2 Å². The number of hydrogen-bond donors (Lipinski definition) is 2. The number of imidazole rings is 1. The van der Waals surface area contributed by atoms with Crippen LogP contribution in [0.5, 0.6) is 0 Å². The molecule has 0 fully saturated rings. The molecule has 1 heterocycles. The largest absolute Gasteiger partial charge is 0.357 e. The first kappa shape index (κ1) is 18.7. The molecule has 0 aliphatic rings. The number of nitrogens with zero attached hydrogens (tertiary/aromatic N) is 3. The Morgan fingerprint density at radius 1 is 1.00 bits per heavy atom. The van der Waals surface area contributed by atoms with Gasteiger partial charge < -0.3 is 15.2 Å². The summed E-state index contributed by atoms with van der Waals surface area (Å²) in [6, 6.07) is 17.2. The van der Waals surface area contributed by atoms with Gasteiger partial charge in [-0.25, -0.2) is 9.98 Å². The van der Waals surface area contributed by atoms with E-state index in [1.54, 1.807) is 6.20 Å². The summed E-state index contributed by atoms with van der Waals surface area (Å²) in [5.41, 5.74) is 4.91. The quantitative estimate of drug-likeness (QED) is 0.499.